The third-order valence-electron chi connectivity index (χ3n) is 5.28. The number of amides is 1. The fourth-order valence-corrected chi connectivity index (χ4v) is 4.05. The van der Waals surface area contributed by atoms with Crippen molar-refractivity contribution in [3.8, 4) is 11.5 Å². The molecule has 1 aliphatic rings. The van der Waals surface area contributed by atoms with Crippen molar-refractivity contribution in [1.82, 2.24) is 0 Å². The van der Waals surface area contributed by atoms with Crippen LogP contribution in [0, 0.1) is 13.8 Å². The van der Waals surface area contributed by atoms with E-state index in [4.69, 9.17) is 9.47 Å². The number of hydrogen-bond donors (Lipinski definition) is 1. The molecule has 0 radical (unpaired) electrons. The van der Waals surface area contributed by atoms with Crippen molar-refractivity contribution >= 4 is 17.3 Å². The van der Waals surface area contributed by atoms with Crippen LogP contribution in [0.3, 0.4) is 0 Å². The first-order valence-electron chi connectivity index (χ1n) is 10.5. The number of hydrogen-bond acceptors (Lipinski definition) is 4. The Bertz CT molecular complexity index is 1100. The molecular weight excluding hydrogens is 388 g/mol. The van der Waals surface area contributed by atoms with E-state index in [1.807, 2.05) is 87.2 Å². The van der Waals surface area contributed by atoms with Crippen molar-refractivity contribution in [3.63, 3.8) is 0 Å². The minimum atomic E-state index is -0.384. The number of carbonyl (C=O) groups excluding carboxylic acids is 1. The molecule has 0 saturated carbocycles. The van der Waals surface area contributed by atoms with Crippen LogP contribution in [0.25, 0.3) is 0 Å². The first-order chi connectivity index (χ1) is 14.9. The van der Waals surface area contributed by atoms with E-state index in [1.54, 1.807) is 7.11 Å². The summed E-state index contributed by atoms with van der Waals surface area (Å²) in [4.78, 5) is 15.4. The van der Waals surface area contributed by atoms with E-state index >= 15 is 0 Å². The van der Waals surface area contributed by atoms with E-state index in [0.717, 1.165) is 28.1 Å². The fraction of sp³-hybridized carbons (Fsp3) is 0.269. The van der Waals surface area contributed by atoms with Crippen molar-refractivity contribution in [2.24, 2.45) is 0 Å². The second-order valence-electron chi connectivity index (χ2n) is 8.19. The Labute approximate surface area is 183 Å². The van der Waals surface area contributed by atoms with Crippen molar-refractivity contribution in [2.75, 3.05) is 17.3 Å². The number of aryl methyl sites for hydroxylation is 2. The summed E-state index contributed by atoms with van der Waals surface area (Å²) in [6.45, 7) is 8.05. The van der Waals surface area contributed by atoms with Gasteiger partial charge >= 0.3 is 0 Å². The third-order valence-corrected chi connectivity index (χ3v) is 5.28. The average Bonchev–Trinajstić information content (AvgIpc) is 2.73. The Morgan fingerprint density at radius 1 is 0.935 bits per heavy atom. The molecule has 0 fully saturated rings. The summed E-state index contributed by atoms with van der Waals surface area (Å²) in [5.74, 6) is 1.28. The van der Waals surface area contributed by atoms with Crippen LogP contribution in [-0.4, -0.2) is 19.1 Å². The zero-order valence-electron chi connectivity index (χ0n) is 18.6. The predicted octanol–water partition coefficient (Wildman–Crippen LogP) is 5.87. The molecule has 5 nitrogen and oxygen atoms in total. The average molecular weight is 417 g/mol. The Kier molecular flexibility index (Phi) is 5.59. The van der Waals surface area contributed by atoms with Gasteiger partial charge in [0.25, 0.3) is 5.91 Å². The Morgan fingerprint density at radius 3 is 2.32 bits per heavy atom. The van der Waals surface area contributed by atoms with Gasteiger partial charge in [-0.2, -0.15) is 0 Å². The van der Waals surface area contributed by atoms with Crippen LogP contribution < -0.4 is 19.7 Å². The third kappa shape index (κ3) is 4.08. The van der Waals surface area contributed by atoms with Crippen molar-refractivity contribution < 1.29 is 14.3 Å². The zero-order valence-corrected chi connectivity index (χ0v) is 18.6. The van der Waals surface area contributed by atoms with Crippen LogP contribution in [0.2, 0.25) is 0 Å². The molecule has 1 aliphatic heterocycles. The summed E-state index contributed by atoms with van der Waals surface area (Å²) >= 11 is 0. The molecule has 1 atom stereocenters. The Hall–Kier alpha value is -3.47. The number of rotatable bonds is 5. The molecule has 31 heavy (non-hydrogen) atoms. The summed E-state index contributed by atoms with van der Waals surface area (Å²) in [6, 6.07) is 19.6. The molecule has 3 aromatic rings. The van der Waals surface area contributed by atoms with Gasteiger partial charge < -0.3 is 14.8 Å². The maximum atomic E-state index is 13.6. The van der Waals surface area contributed by atoms with Gasteiger partial charge in [-0.05, 0) is 80.8 Å². The number of para-hydroxylation sites is 1. The number of carbonyl (C=O) groups is 1. The minimum Gasteiger partial charge on any atom is -0.493 e. The first-order valence-corrected chi connectivity index (χ1v) is 10.5. The molecule has 3 aromatic carbocycles. The molecule has 0 aliphatic carbocycles. The van der Waals surface area contributed by atoms with Gasteiger partial charge in [0.15, 0.2) is 11.5 Å². The Morgan fingerprint density at radius 2 is 1.65 bits per heavy atom. The quantitative estimate of drug-likeness (QED) is 0.565. The van der Waals surface area contributed by atoms with Crippen LogP contribution in [0.4, 0.5) is 11.4 Å². The summed E-state index contributed by atoms with van der Waals surface area (Å²) < 4.78 is 11.5. The highest BCUT2D eigenvalue weighted by Gasteiger charge is 2.34. The number of nitrogens with one attached hydrogen (secondary N) is 1. The van der Waals surface area contributed by atoms with E-state index in [0.29, 0.717) is 17.1 Å². The van der Waals surface area contributed by atoms with Gasteiger partial charge in [-0.25, -0.2) is 0 Å². The first kappa shape index (κ1) is 20.8. The maximum Gasteiger partial charge on any atom is 0.262 e. The van der Waals surface area contributed by atoms with Gasteiger partial charge in [0, 0.05) is 11.4 Å². The van der Waals surface area contributed by atoms with Gasteiger partial charge in [-0.3, -0.25) is 9.69 Å². The zero-order chi connectivity index (χ0) is 22.1. The molecule has 0 bridgehead atoms. The minimum absolute atomic E-state index is 0.0350. The smallest absolute Gasteiger partial charge is 0.262 e. The molecule has 4 rings (SSSR count). The molecule has 1 amide bonds. The summed E-state index contributed by atoms with van der Waals surface area (Å²) in [5.41, 5.74) is 5.47. The lowest BCUT2D eigenvalue weighted by atomic mass is 10.0. The highest BCUT2D eigenvalue weighted by Crippen LogP contribution is 2.39. The van der Waals surface area contributed by atoms with Crippen LogP contribution in [-0.2, 0) is 0 Å². The number of fused-ring (bicyclic) bond motifs is 1. The highest BCUT2D eigenvalue weighted by molar-refractivity contribution is 6.12. The molecule has 0 spiro atoms. The summed E-state index contributed by atoms with van der Waals surface area (Å²) in [5, 5.41) is 3.55. The number of ether oxygens (including phenoxy) is 2. The van der Waals surface area contributed by atoms with E-state index in [9.17, 15) is 4.79 Å². The second-order valence-corrected chi connectivity index (χ2v) is 8.19. The van der Waals surface area contributed by atoms with Crippen LogP contribution in [0.15, 0.2) is 60.7 Å². The maximum absolute atomic E-state index is 13.6. The lowest BCUT2D eigenvalue weighted by Gasteiger charge is -2.38. The molecule has 5 heteroatoms. The largest absolute Gasteiger partial charge is 0.493 e. The molecule has 0 saturated heterocycles. The number of anilines is 2. The lowest BCUT2D eigenvalue weighted by Crippen LogP contribution is -2.43. The summed E-state index contributed by atoms with van der Waals surface area (Å²) in [7, 11) is 1.63. The number of methoxy groups -OCH3 is 1. The van der Waals surface area contributed by atoms with E-state index < -0.39 is 0 Å². The van der Waals surface area contributed by atoms with E-state index in [-0.39, 0.29) is 18.2 Å². The van der Waals surface area contributed by atoms with Crippen LogP contribution in [0.5, 0.6) is 11.5 Å². The molecular formula is C26H28N2O3. The summed E-state index contributed by atoms with van der Waals surface area (Å²) in [6.07, 6.45) is -0.349. The highest BCUT2D eigenvalue weighted by atomic mass is 16.5. The van der Waals surface area contributed by atoms with Crippen LogP contribution in [0.1, 0.15) is 47.1 Å². The SMILES string of the molecule is COc1cc(C2Nc3ccccc3C(=O)N2c2cc(C)cc(C)c2)ccc1OC(C)C. The Balaban J connectivity index is 1.84. The van der Waals surface area contributed by atoms with E-state index in [2.05, 4.69) is 11.4 Å². The number of nitrogens with zero attached hydrogens (tertiary/aromatic N) is 1. The predicted molar refractivity (Wildman–Crippen MR) is 124 cm³/mol. The van der Waals surface area contributed by atoms with Crippen molar-refractivity contribution in [2.45, 2.75) is 40.0 Å². The van der Waals surface area contributed by atoms with Crippen molar-refractivity contribution in [1.29, 1.82) is 0 Å². The topological polar surface area (TPSA) is 50.8 Å². The monoisotopic (exact) mass is 416 g/mol. The normalized spacial score (nSPS) is 15.5. The molecule has 160 valence electrons. The molecule has 1 N–H and O–H groups in total. The van der Waals surface area contributed by atoms with Gasteiger partial charge in [0.2, 0.25) is 0 Å². The fourth-order valence-electron chi connectivity index (χ4n) is 4.05. The number of benzene rings is 3. The van der Waals surface area contributed by atoms with Gasteiger partial charge in [-0.15, -0.1) is 0 Å². The second kappa shape index (κ2) is 8.34. The standard InChI is InChI=1S/C26H28N2O3/c1-16(2)31-23-11-10-19(15-24(23)30-5)25-27-22-9-7-6-8-21(22)26(29)28(25)20-13-17(3)12-18(4)14-20/h6-16,25,27H,1-5H3. The molecule has 1 heterocycles. The molecule has 0 aromatic heterocycles. The van der Waals surface area contributed by atoms with Gasteiger partial charge in [0.1, 0.15) is 6.17 Å². The van der Waals surface area contributed by atoms with Gasteiger partial charge in [-0.1, -0.05) is 24.3 Å². The molecule has 1 unspecified atom stereocenters. The van der Waals surface area contributed by atoms with Crippen molar-refractivity contribution in [3.05, 3.63) is 82.9 Å². The van der Waals surface area contributed by atoms with E-state index in [1.165, 1.54) is 0 Å². The van der Waals surface area contributed by atoms with Gasteiger partial charge in [0.05, 0.1) is 18.8 Å². The lowest BCUT2D eigenvalue weighted by molar-refractivity contribution is 0.0975. The van der Waals surface area contributed by atoms with Crippen LogP contribution >= 0.6 is 0 Å².